The molecule has 3 N–H and O–H groups in total. The van der Waals surface area contributed by atoms with Gasteiger partial charge in [0.1, 0.15) is 5.75 Å². The number of nitrogens with one attached hydrogen (secondary N) is 3. The molecule has 0 aliphatic rings. The van der Waals surface area contributed by atoms with Crippen LogP contribution in [0, 0.1) is 0 Å². The summed E-state index contributed by atoms with van der Waals surface area (Å²) in [7, 11) is 0. The highest BCUT2D eigenvalue weighted by Crippen LogP contribution is 2.16. The predicted octanol–water partition coefficient (Wildman–Crippen LogP) is 4.89. The van der Waals surface area contributed by atoms with Gasteiger partial charge in [-0.05, 0) is 54.4 Å². The Morgan fingerprint density at radius 2 is 1.67 bits per heavy atom. The maximum atomic E-state index is 12.3. The first-order chi connectivity index (χ1) is 16.1. The third kappa shape index (κ3) is 8.33. The Morgan fingerprint density at radius 3 is 2.42 bits per heavy atom. The fourth-order valence-corrected chi connectivity index (χ4v) is 3.20. The number of ether oxygens (including phenoxy) is 1. The second-order valence-corrected chi connectivity index (χ2v) is 7.70. The zero-order valence-corrected chi connectivity index (χ0v) is 19.0. The van der Waals surface area contributed by atoms with Gasteiger partial charge < -0.3 is 20.7 Å². The average molecular weight is 446 g/mol. The zero-order valence-electron chi connectivity index (χ0n) is 19.0. The molecule has 0 aromatic heterocycles. The van der Waals surface area contributed by atoms with Crippen LogP contribution in [-0.4, -0.2) is 31.5 Å². The highest BCUT2D eigenvalue weighted by molar-refractivity contribution is 5.96. The van der Waals surface area contributed by atoms with Crippen LogP contribution in [0.5, 0.6) is 5.75 Å². The van der Waals surface area contributed by atoms with Gasteiger partial charge in [0, 0.05) is 29.9 Å². The first-order valence-corrected chi connectivity index (χ1v) is 11.3. The minimum atomic E-state index is -0.175. The Kier molecular flexibility index (Phi) is 9.33. The number of hydrogen-bond acceptors (Lipinski definition) is 4. The van der Waals surface area contributed by atoms with Crippen LogP contribution in [0.1, 0.15) is 35.7 Å². The van der Waals surface area contributed by atoms with Gasteiger partial charge in [-0.2, -0.15) is 0 Å². The summed E-state index contributed by atoms with van der Waals surface area (Å²) in [6, 6.07) is 24.6. The molecule has 0 fully saturated rings. The summed E-state index contributed by atoms with van der Waals surface area (Å²) >= 11 is 0. The molecule has 0 saturated heterocycles. The molecule has 0 radical (unpaired) electrons. The molecule has 6 heteroatoms. The third-order valence-corrected chi connectivity index (χ3v) is 5.03. The van der Waals surface area contributed by atoms with Crippen molar-refractivity contribution >= 4 is 23.2 Å². The van der Waals surface area contributed by atoms with Gasteiger partial charge in [0.25, 0.3) is 5.91 Å². The Labute approximate surface area is 195 Å². The van der Waals surface area contributed by atoms with Crippen molar-refractivity contribution in [3.05, 3.63) is 90.0 Å². The maximum absolute atomic E-state index is 12.3. The van der Waals surface area contributed by atoms with Gasteiger partial charge >= 0.3 is 0 Å². The highest BCUT2D eigenvalue weighted by atomic mass is 16.5. The monoisotopic (exact) mass is 445 g/mol. The molecule has 0 heterocycles. The number of unbranched alkanes of at least 4 members (excludes halogenated alkanes) is 1. The van der Waals surface area contributed by atoms with E-state index in [2.05, 4.69) is 35.0 Å². The van der Waals surface area contributed by atoms with Crippen LogP contribution >= 0.6 is 0 Å². The minimum absolute atomic E-state index is 0.0935. The SMILES string of the molecule is CCCCNC(=O)c1cccc(NCC(=O)Nc2ccc(OCCc3ccccc3)cc2)c1. The van der Waals surface area contributed by atoms with E-state index in [1.54, 1.807) is 18.2 Å². The van der Waals surface area contributed by atoms with Crippen LogP contribution in [0.2, 0.25) is 0 Å². The van der Waals surface area contributed by atoms with Crippen LogP contribution in [0.3, 0.4) is 0 Å². The molecule has 6 nitrogen and oxygen atoms in total. The number of carbonyl (C=O) groups is 2. The molecule has 3 aromatic carbocycles. The summed E-state index contributed by atoms with van der Waals surface area (Å²) in [6.07, 6.45) is 2.82. The zero-order chi connectivity index (χ0) is 23.3. The third-order valence-electron chi connectivity index (χ3n) is 5.03. The standard InChI is InChI=1S/C27H31N3O3/c1-2-3-17-28-27(32)22-10-7-11-24(19-22)29-20-26(31)30-23-12-14-25(15-13-23)33-18-16-21-8-5-4-6-9-21/h4-15,19,29H,2-3,16-18,20H2,1H3,(H,28,32)(H,30,31). The van der Waals surface area contributed by atoms with E-state index >= 15 is 0 Å². The molecule has 3 rings (SSSR count). The Balaban J connectivity index is 1.41. The number of carbonyl (C=O) groups excluding carboxylic acids is 2. The van der Waals surface area contributed by atoms with Crippen LogP contribution in [0.25, 0.3) is 0 Å². The Bertz CT molecular complexity index is 1020. The summed E-state index contributed by atoms with van der Waals surface area (Å²) in [5.74, 6) is 0.476. The first-order valence-electron chi connectivity index (χ1n) is 11.3. The van der Waals surface area contributed by atoms with Crippen molar-refractivity contribution in [1.82, 2.24) is 5.32 Å². The van der Waals surface area contributed by atoms with E-state index in [0.29, 0.717) is 24.4 Å². The Hall–Kier alpha value is -3.80. The summed E-state index contributed by atoms with van der Waals surface area (Å²) in [5.41, 5.74) is 3.22. The molecule has 3 aromatic rings. The molecule has 0 unspecified atom stereocenters. The molecule has 2 amide bonds. The van der Waals surface area contributed by atoms with Gasteiger partial charge in [-0.25, -0.2) is 0 Å². The van der Waals surface area contributed by atoms with Gasteiger partial charge in [0.2, 0.25) is 5.91 Å². The Morgan fingerprint density at radius 1 is 0.879 bits per heavy atom. The van der Waals surface area contributed by atoms with E-state index in [4.69, 9.17) is 4.74 Å². The van der Waals surface area contributed by atoms with E-state index in [9.17, 15) is 9.59 Å². The predicted molar refractivity (Wildman–Crippen MR) is 133 cm³/mol. The lowest BCUT2D eigenvalue weighted by atomic mass is 10.2. The lowest BCUT2D eigenvalue weighted by Gasteiger charge is -2.10. The molecular weight excluding hydrogens is 414 g/mol. The molecule has 0 saturated carbocycles. The van der Waals surface area contributed by atoms with Crippen LogP contribution < -0.4 is 20.7 Å². The van der Waals surface area contributed by atoms with Crippen LogP contribution in [0.4, 0.5) is 11.4 Å². The summed E-state index contributed by atoms with van der Waals surface area (Å²) in [5, 5.41) is 8.82. The number of amides is 2. The fourth-order valence-electron chi connectivity index (χ4n) is 3.20. The second-order valence-electron chi connectivity index (χ2n) is 7.70. The molecule has 0 bridgehead atoms. The molecule has 0 aliphatic heterocycles. The highest BCUT2D eigenvalue weighted by Gasteiger charge is 2.07. The van der Waals surface area contributed by atoms with Gasteiger partial charge in [-0.15, -0.1) is 0 Å². The quantitative estimate of drug-likeness (QED) is 0.347. The maximum Gasteiger partial charge on any atom is 0.251 e. The van der Waals surface area contributed by atoms with Gasteiger partial charge in [-0.1, -0.05) is 49.7 Å². The lowest BCUT2D eigenvalue weighted by Crippen LogP contribution is -2.25. The average Bonchev–Trinajstić information content (AvgIpc) is 2.85. The molecule has 0 atom stereocenters. The number of benzene rings is 3. The van der Waals surface area contributed by atoms with Crippen molar-refractivity contribution in [3.63, 3.8) is 0 Å². The van der Waals surface area contributed by atoms with Crippen LogP contribution in [-0.2, 0) is 11.2 Å². The number of hydrogen-bond donors (Lipinski definition) is 3. The first kappa shape index (κ1) is 23.9. The summed E-state index contributed by atoms with van der Waals surface area (Å²) in [6.45, 7) is 3.43. The number of rotatable bonds is 12. The fraction of sp³-hybridized carbons (Fsp3) is 0.259. The van der Waals surface area contributed by atoms with E-state index in [-0.39, 0.29) is 18.4 Å². The van der Waals surface area contributed by atoms with Crippen molar-refractivity contribution in [2.45, 2.75) is 26.2 Å². The summed E-state index contributed by atoms with van der Waals surface area (Å²) in [4.78, 5) is 24.5. The van der Waals surface area contributed by atoms with E-state index in [0.717, 1.165) is 30.7 Å². The molecule has 0 aliphatic carbocycles. The molecular formula is C27H31N3O3. The molecule has 0 spiro atoms. The molecule has 33 heavy (non-hydrogen) atoms. The van der Waals surface area contributed by atoms with Crippen molar-refractivity contribution < 1.29 is 14.3 Å². The minimum Gasteiger partial charge on any atom is -0.493 e. The van der Waals surface area contributed by atoms with Crippen LogP contribution in [0.15, 0.2) is 78.9 Å². The van der Waals surface area contributed by atoms with Crippen molar-refractivity contribution in [2.24, 2.45) is 0 Å². The smallest absolute Gasteiger partial charge is 0.251 e. The largest absolute Gasteiger partial charge is 0.493 e. The van der Waals surface area contributed by atoms with Crippen molar-refractivity contribution in [1.29, 1.82) is 0 Å². The lowest BCUT2D eigenvalue weighted by molar-refractivity contribution is -0.114. The van der Waals surface area contributed by atoms with Crippen molar-refractivity contribution in [3.8, 4) is 5.75 Å². The van der Waals surface area contributed by atoms with E-state index in [1.807, 2.05) is 48.5 Å². The topological polar surface area (TPSA) is 79.5 Å². The van der Waals surface area contributed by atoms with E-state index in [1.165, 1.54) is 5.56 Å². The molecule has 172 valence electrons. The second kappa shape index (κ2) is 12.9. The van der Waals surface area contributed by atoms with Gasteiger partial charge in [-0.3, -0.25) is 9.59 Å². The number of anilines is 2. The van der Waals surface area contributed by atoms with Gasteiger partial charge in [0.15, 0.2) is 0 Å². The summed E-state index contributed by atoms with van der Waals surface area (Å²) < 4.78 is 5.78. The van der Waals surface area contributed by atoms with Gasteiger partial charge in [0.05, 0.1) is 13.2 Å². The van der Waals surface area contributed by atoms with Crippen molar-refractivity contribution in [2.75, 3.05) is 30.3 Å². The van der Waals surface area contributed by atoms with E-state index < -0.39 is 0 Å². The normalized spacial score (nSPS) is 10.3.